The van der Waals surface area contributed by atoms with Gasteiger partial charge in [0.1, 0.15) is 0 Å². The van der Waals surface area contributed by atoms with Crippen molar-refractivity contribution in [1.82, 2.24) is 15.5 Å². The number of esters is 1. The Labute approximate surface area is 141 Å². The molecule has 3 aliphatic heterocycles. The zero-order valence-electron chi connectivity index (χ0n) is 14.0. The number of hydrogen-bond acceptors (Lipinski definition) is 6. The van der Waals surface area contributed by atoms with E-state index in [0.717, 1.165) is 25.9 Å². The molecule has 3 heterocycles. The molecule has 0 unspecified atom stereocenters. The van der Waals surface area contributed by atoms with Crippen LogP contribution in [0.1, 0.15) is 19.8 Å². The SMILES string of the molecule is CCOC(=O)C1=C(CN2CCC(C3OCCO3)CC2)NC(=O)NC1. The first-order valence-corrected chi connectivity index (χ1v) is 8.57. The molecule has 0 saturated carbocycles. The van der Waals surface area contributed by atoms with Crippen molar-refractivity contribution in [3.8, 4) is 0 Å². The summed E-state index contributed by atoms with van der Waals surface area (Å²) in [7, 11) is 0. The third-order valence-corrected chi connectivity index (χ3v) is 4.62. The molecule has 2 fully saturated rings. The minimum absolute atomic E-state index is 0.0694. The van der Waals surface area contributed by atoms with Crippen LogP contribution in [0, 0.1) is 5.92 Å². The maximum Gasteiger partial charge on any atom is 0.337 e. The molecule has 0 aliphatic carbocycles. The summed E-state index contributed by atoms with van der Waals surface area (Å²) in [5.74, 6) is 0.0486. The van der Waals surface area contributed by atoms with E-state index in [1.165, 1.54) is 0 Å². The van der Waals surface area contributed by atoms with E-state index in [0.29, 0.717) is 43.6 Å². The van der Waals surface area contributed by atoms with E-state index in [4.69, 9.17) is 14.2 Å². The van der Waals surface area contributed by atoms with Gasteiger partial charge >= 0.3 is 12.0 Å². The lowest BCUT2D eigenvalue weighted by atomic mass is 9.96. The normalized spacial score (nSPS) is 24.0. The second-order valence-electron chi connectivity index (χ2n) is 6.21. The third kappa shape index (κ3) is 4.06. The Balaban J connectivity index is 1.58. The smallest absolute Gasteiger partial charge is 0.337 e. The summed E-state index contributed by atoms with van der Waals surface area (Å²) in [6, 6.07) is -0.277. The second-order valence-corrected chi connectivity index (χ2v) is 6.21. The molecule has 0 aromatic heterocycles. The Morgan fingerprint density at radius 2 is 2.00 bits per heavy atom. The molecule has 2 N–H and O–H groups in total. The van der Waals surface area contributed by atoms with Crippen LogP contribution in [0.5, 0.6) is 0 Å². The topological polar surface area (TPSA) is 89.1 Å². The zero-order chi connectivity index (χ0) is 16.9. The Hall–Kier alpha value is -1.64. The molecule has 3 aliphatic rings. The molecule has 0 atom stereocenters. The number of ether oxygens (including phenoxy) is 3. The summed E-state index contributed by atoms with van der Waals surface area (Å²) in [6.45, 7) is 5.97. The molecule has 2 amide bonds. The lowest BCUT2D eigenvalue weighted by Gasteiger charge is -2.35. The van der Waals surface area contributed by atoms with Crippen LogP contribution in [0.2, 0.25) is 0 Å². The van der Waals surface area contributed by atoms with Gasteiger partial charge in [-0.05, 0) is 32.9 Å². The van der Waals surface area contributed by atoms with Gasteiger partial charge in [-0.15, -0.1) is 0 Å². The van der Waals surface area contributed by atoms with Crippen LogP contribution in [0.3, 0.4) is 0 Å². The summed E-state index contributed by atoms with van der Waals surface area (Å²) in [5.41, 5.74) is 1.14. The second kappa shape index (κ2) is 7.96. The maximum absolute atomic E-state index is 12.1. The van der Waals surface area contributed by atoms with Gasteiger partial charge in [0.05, 0.1) is 31.9 Å². The van der Waals surface area contributed by atoms with E-state index in [1.54, 1.807) is 6.92 Å². The molecule has 0 aromatic rings. The molecule has 8 nitrogen and oxygen atoms in total. The van der Waals surface area contributed by atoms with E-state index in [9.17, 15) is 9.59 Å². The van der Waals surface area contributed by atoms with Crippen LogP contribution in [-0.4, -0.2) is 69.2 Å². The molecule has 8 heteroatoms. The van der Waals surface area contributed by atoms with Crippen LogP contribution in [0.15, 0.2) is 11.3 Å². The Kier molecular flexibility index (Phi) is 5.70. The number of piperidine rings is 1. The monoisotopic (exact) mass is 339 g/mol. The number of carbonyl (C=O) groups is 2. The summed E-state index contributed by atoms with van der Waals surface area (Å²) < 4.78 is 16.3. The van der Waals surface area contributed by atoms with Gasteiger partial charge < -0.3 is 24.8 Å². The van der Waals surface area contributed by atoms with E-state index in [-0.39, 0.29) is 24.8 Å². The molecule has 2 saturated heterocycles. The van der Waals surface area contributed by atoms with Crippen molar-refractivity contribution in [2.45, 2.75) is 26.1 Å². The molecular weight excluding hydrogens is 314 g/mol. The van der Waals surface area contributed by atoms with Crippen molar-refractivity contribution in [3.63, 3.8) is 0 Å². The van der Waals surface area contributed by atoms with E-state index in [2.05, 4.69) is 15.5 Å². The molecule has 0 radical (unpaired) electrons. The molecule has 24 heavy (non-hydrogen) atoms. The lowest BCUT2D eigenvalue weighted by molar-refractivity contribution is -0.138. The number of rotatable bonds is 5. The van der Waals surface area contributed by atoms with Crippen LogP contribution in [0.25, 0.3) is 0 Å². The van der Waals surface area contributed by atoms with Gasteiger partial charge in [-0.2, -0.15) is 0 Å². The average molecular weight is 339 g/mol. The molecular formula is C16H25N3O5. The molecule has 0 aromatic carbocycles. The van der Waals surface area contributed by atoms with E-state index in [1.807, 2.05) is 0 Å². The van der Waals surface area contributed by atoms with Gasteiger partial charge in [0.25, 0.3) is 0 Å². The fourth-order valence-corrected chi connectivity index (χ4v) is 3.34. The van der Waals surface area contributed by atoms with E-state index >= 15 is 0 Å². The highest BCUT2D eigenvalue weighted by Gasteiger charge is 2.32. The molecule has 134 valence electrons. The van der Waals surface area contributed by atoms with Gasteiger partial charge in [0, 0.05) is 18.2 Å². The minimum atomic E-state index is -0.373. The van der Waals surface area contributed by atoms with Crippen LogP contribution in [-0.2, 0) is 19.0 Å². The number of likely N-dealkylation sites (tertiary alicyclic amines) is 1. The molecule has 3 rings (SSSR count). The average Bonchev–Trinajstić information content (AvgIpc) is 3.10. The summed E-state index contributed by atoms with van der Waals surface area (Å²) in [5, 5.41) is 5.38. The van der Waals surface area contributed by atoms with Crippen LogP contribution >= 0.6 is 0 Å². The van der Waals surface area contributed by atoms with Gasteiger partial charge in [0.2, 0.25) is 0 Å². The number of amides is 2. The zero-order valence-corrected chi connectivity index (χ0v) is 14.0. The van der Waals surface area contributed by atoms with Crippen molar-refractivity contribution < 1.29 is 23.8 Å². The fourth-order valence-electron chi connectivity index (χ4n) is 3.34. The lowest BCUT2D eigenvalue weighted by Crippen LogP contribution is -2.48. The van der Waals surface area contributed by atoms with Crippen molar-refractivity contribution in [3.05, 3.63) is 11.3 Å². The van der Waals surface area contributed by atoms with Gasteiger partial charge in [0.15, 0.2) is 6.29 Å². The largest absolute Gasteiger partial charge is 0.463 e. The van der Waals surface area contributed by atoms with Gasteiger partial charge in [-0.25, -0.2) is 9.59 Å². The molecule has 0 bridgehead atoms. The predicted molar refractivity (Wildman–Crippen MR) is 85.0 cm³/mol. The fraction of sp³-hybridized carbons (Fsp3) is 0.750. The number of hydrogen-bond donors (Lipinski definition) is 2. The number of nitrogens with one attached hydrogen (secondary N) is 2. The standard InChI is InChI=1S/C16H25N3O5/c1-2-22-14(20)12-9-17-16(21)18-13(12)10-19-5-3-11(4-6-19)15-23-7-8-24-15/h11,15H,2-10H2,1H3,(H2,17,18,21). The van der Waals surface area contributed by atoms with Crippen LogP contribution < -0.4 is 10.6 Å². The summed E-state index contributed by atoms with van der Waals surface area (Å²) >= 11 is 0. The summed E-state index contributed by atoms with van der Waals surface area (Å²) in [4.78, 5) is 25.9. The first-order chi connectivity index (χ1) is 11.7. The highest BCUT2D eigenvalue weighted by atomic mass is 16.7. The predicted octanol–water partition coefficient (Wildman–Crippen LogP) is 0.201. The Morgan fingerprint density at radius 3 is 2.67 bits per heavy atom. The van der Waals surface area contributed by atoms with Gasteiger partial charge in [-0.1, -0.05) is 0 Å². The Morgan fingerprint density at radius 1 is 1.29 bits per heavy atom. The van der Waals surface area contributed by atoms with Gasteiger partial charge in [-0.3, -0.25) is 4.90 Å². The van der Waals surface area contributed by atoms with Crippen molar-refractivity contribution in [1.29, 1.82) is 0 Å². The van der Waals surface area contributed by atoms with Crippen molar-refractivity contribution in [2.75, 3.05) is 46.0 Å². The first kappa shape index (κ1) is 17.2. The quantitative estimate of drug-likeness (QED) is 0.696. The Bertz CT molecular complexity index is 508. The number of nitrogens with zero attached hydrogens (tertiary/aromatic N) is 1. The van der Waals surface area contributed by atoms with Crippen LogP contribution in [0.4, 0.5) is 4.79 Å². The highest BCUT2D eigenvalue weighted by Crippen LogP contribution is 2.26. The first-order valence-electron chi connectivity index (χ1n) is 8.57. The number of urea groups is 1. The third-order valence-electron chi connectivity index (χ3n) is 4.62. The minimum Gasteiger partial charge on any atom is -0.463 e. The highest BCUT2D eigenvalue weighted by molar-refractivity contribution is 5.93. The van der Waals surface area contributed by atoms with E-state index < -0.39 is 0 Å². The molecule has 0 spiro atoms. The maximum atomic E-state index is 12.1. The van der Waals surface area contributed by atoms with Crippen molar-refractivity contribution >= 4 is 12.0 Å². The number of carbonyl (C=O) groups excluding carboxylic acids is 2. The van der Waals surface area contributed by atoms with Crippen molar-refractivity contribution in [2.24, 2.45) is 5.92 Å². The summed E-state index contributed by atoms with van der Waals surface area (Å²) in [6.07, 6.45) is 1.90.